The molecule has 5 aromatic carbocycles. The van der Waals surface area contributed by atoms with Crippen molar-refractivity contribution in [1.82, 2.24) is 29.1 Å². The molecule has 9 aromatic rings. The molecule has 0 amide bonds. The number of fused-ring (bicyclic) bond motifs is 6. The molecule has 52 heavy (non-hydrogen) atoms. The first-order valence-electron chi connectivity index (χ1n) is 18.0. The molecule has 0 radical (unpaired) electrons. The van der Waals surface area contributed by atoms with Gasteiger partial charge in [0.15, 0.2) is 11.6 Å². The molecule has 0 aliphatic heterocycles. The normalized spacial score (nSPS) is 12.4. The molecular formula is C46H36N6. The van der Waals surface area contributed by atoms with Crippen molar-refractivity contribution < 1.29 is 0 Å². The smallest absolute Gasteiger partial charge is 0.238 e. The maximum atomic E-state index is 5.12. The molecule has 1 aliphatic carbocycles. The monoisotopic (exact) mass is 672 g/mol. The molecule has 10 rings (SSSR count). The van der Waals surface area contributed by atoms with Crippen molar-refractivity contribution in [2.24, 2.45) is 0 Å². The summed E-state index contributed by atoms with van der Waals surface area (Å²) in [4.78, 5) is 20.1. The van der Waals surface area contributed by atoms with Gasteiger partial charge in [-0.3, -0.25) is 9.55 Å². The third kappa shape index (κ3) is 5.28. The summed E-state index contributed by atoms with van der Waals surface area (Å²) >= 11 is 0. The highest BCUT2D eigenvalue weighted by Crippen LogP contribution is 2.40. The zero-order chi connectivity index (χ0) is 35.0. The summed E-state index contributed by atoms with van der Waals surface area (Å²) in [5.41, 5.74) is 12.3. The average Bonchev–Trinajstić information content (AvgIpc) is 3.74. The molecule has 0 fully saturated rings. The maximum absolute atomic E-state index is 5.12. The number of pyridine rings is 1. The van der Waals surface area contributed by atoms with Gasteiger partial charge in [-0.15, -0.1) is 0 Å². The molecular weight excluding hydrogens is 637 g/mol. The second-order valence-electron chi connectivity index (χ2n) is 12.7. The zero-order valence-electron chi connectivity index (χ0n) is 29.1. The van der Waals surface area contributed by atoms with E-state index in [2.05, 4.69) is 94.1 Å². The van der Waals surface area contributed by atoms with Crippen LogP contribution in [0.2, 0.25) is 0 Å². The summed E-state index contributed by atoms with van der Waals surface area (Å²) in [6.45, 7) is 4.00. The van der Waals surface area contributed by atoms with Crippen LogP contribution < -0.4 is 0 Å². The van der Waals surface area contributed by atoms with E-state index in [4.69, 9.17) is 19.9 Å². The molecule has 4 aromatic heterocycles. The first-order valence-corrected chi connectivity index (χ1v) is 18.0. The maximum Gasteiger partial charge on any atom is 0.238 e. The Labute approximate surface area is 302 Å². The van der Waals surface area contributed by atoms with E-state index in [0.29, 0.717) is 17.6 Å². The minimum atomic E-state index is 0.594. The molecule has 1 aliphatic rings. The van der Waals surface area contributed by atoms with Crippen molar-refractivity contribution >= 4 is 44.5 Å². The molecule has 4 heterocycles. The Hall–Kier alpha value is -6.66. The van der Waals surface area contributed by atoms with Crippen LogP contribution in [-0.2, 0) is 6.42 Å². The van der Waals surface area contributed by atoms with E-state index in [0.717, 1.165) is 62.5 Å². The van der Waals surface area contributed by atoms with Gasteiger partial charge in [0.2, 0.25) is 5.95 Å². The lowest BCUT2D eigenvalue weighted by molar-refractivity contribution is 0.898. The number of allylic oxidation sites excluding steroid dienone is 1. The summed E-state index contributed by atoms with van der Waals surface area (Å²) in [6.07, 6.45) is 6.09. The number of para-hydroxylation sites is 2. The first-order chi connectivity index (χ1) is 25.8. The molecule has 250 valence electrons. The van der Waals surface area contributed by atoms with Gasteiger partial charge in [-0.1, -0.05) is 123 Å². The Morgan fingerprint density at radius 2 is 1.12 bits per heavy atom. The van der Waals surface area contributed by atoms with Crippen LogP contribution in [-0.4, -0.2) is 29.1 Å². The Morgan fingerprint density at radius 3 is 1.83 bits per heavy atom. The quantitative estimate of drug-likeness (QED) is 0.183. The van der Waals surface area contributed by atoms with Crippen LogP contribution in [0.3, 0.4) is 0 Å². The molecule has 0 spiro atoms. The fourth-order valence-electron chi connectivity index (χ4n) is 7.47. The van der Waals surface area contributed by atoms with Gasteiger partial charge >= 0.3 is 0 Å². The van der Waals surface area contributed by atoms with E-state index in [1.165, 1.54) is 22.4 Å². The standard InChI is InChI=1S/C44H30N6.C2H6/c1-4-13-29(14-5-1)42-46-43(30-15-6-2-7-16-30)48-44(47-42)50-37-20-11-10-19-34(37)35-24-22-32(28-40(35)50)31-23-25-38-36(27-31)41-39(21-12-26-45-41)49(38)33-17-8-3-9-18-33;1-2/h1-22,24,26-28H,23,25H2;1-2H3. The third-order valence-electron chi connectivity index (χ3n) is 9.76. The predicted octanol–water partition coefficient (Wildman–Crippen LogP) is 11.2. The average molecular weight is 673 g/mol. The van der Waals surface area contributed by atoms with Gasteiger partial charge in [0.05, 0.1) is 22.1 Å². The van der Waals surface area contributed by atoms with Crippen LogP contribution in [0, 0.1) is 0 Å². The predicted molar refractivity (Wildman–Crippen MR) is 214 cm³/mol. The molecule has 0 atom stereocenters. The minimum absolute atomic E-state index is 0.594. The van der Waals surface area contributed by atoms with Crippen molar-refractivity contribution in [2.75, 3.05) is 0 Å². The molecule has 0 saturated carbocycles. The van der Waals surface area contributed by atoms with Crippen molar-refractivity contribution in [1.29, 1.82) is 0 Å². The fourth-order valence-corrected chi connectivity index (χ4v) is 7.47. The molecule has 0 saturated heterocycles. The van der Waals surface area contributed by atoms with Crippen molar-refractivity contribution in [3.63, 3.8) is 0 Å². The summed E-state index contributed by atoms with van der Waals surface area (Å²) in [6, 6.07) is 50.4. The molecule has 0 unspecified atom stereocenters. The highest BCUT2D eigenvalue weighted by Gasteiger charge is 2.24. The lowest BCUT2D eigenvalue weighted by Gasteiger charge is -2.18. The fraction of sp³-hybridized carbons (Fsp3) is 0.0870. The van der Waals surface area contributed by atoms with Crippen molar-refractivity contribution in [3.05, 3.63) is 169 Å². The zero-order valence-corrected chi connectivity index (χ0v) is 29.1. The second-order valence-corrected chi connectivity index (χ2v) is 12.7. The van der Waals surface area contributed by atoms with E-state index in [-0.39, 0.29) is 0 Å². The van der Waals surface area contributed by atoms with Gasteiger partial charge in [0.1, 0.15) is 0 Å². The summed E-state index contributed by atoms with van der Waals surface area (Å²) < 4.78 is 4.58. The van der Waals surface area contributed by atoms with Gasteiger partial charge in [-0.2, -0.15) is 9.97 Å². The van der Waals surface area contributed by atoms with Gasteiger partial charge in [0.25, 0.3) is 0 Å². The number of hydrogen-bond acceptors (Lipinski definition) is 4. The summed E-state index contributed by atoms with van der Waals surface area (Å²) in [7, 11) is 0. The van der Waals surface area contributed by atoms with Crippen LogP contribution in [0.25, 0.3) is 78.9 Å². The topological polar surface area (TPSA) is 61.4 Å². The van der Waals surface area contributed by atoms with Crippen LogP contribution in [0.5, 0.6) is 0 Å². The molecule has 6 nitrogen and oxygen atoms in total. The number of aromatic nitrogens is 6. The SMILES string of the molecule is C1=C(c2ccc3c4ccccc4n(-c4nc(-c5ccccc5)nc(-c5ccccc5)n4)c3c2)CCc2c1c1ncccc1n2-c1ccccc1.CC. The Morgan fingerprint density at radius 1 is 0.500 bits per heavy atom. The third-order valence-corrected chi connectivity index (χ3v) is 9.76. The van der Waals surface area contributed by atoms with E-state index >= 15 is 0 Å². The van der Waals surface area contributed by atoms with Crippen molar-refractivity contribution in [2.45, 2.75) is 26.7 Å². The summed E-state index contributed by atoms with van der Waals surface area (Å²) in [5.74, 6) is 1.87. The van der Waals surface area contributed by atoms with E-state index in [1.807, 2.05) is 86.8 Å². The summed E-state index contributed by atoms with van der Waals surface area (Å²) in [5, 5.41) is 2.32. The lowest BCUT2D eigenvalue weighted by Crippen LogP contribution is -2.07. The highest BCUT2D eigenvalue weighted by atomic mass is 15.2. The van der Waals surface area contributed by atoms with E-state index < -0.39 is 0 Å². The van der Waals surface area contributed by atoms with Gasteiger partial charge in [0, 0.05) is 45.0 Å². The van der Waals surface area contributed by atoms with Gasteiger partial charge in [-0.05, 0) is 66.5 Å². The minimum Gasteiger partial charge on any atom is -0.311 e. The number of rotatable bonds is 5. The van der Waals surface area contributed by atoms with E-state index in [9.17, 15) is 0 Å². The Kier molecular flexibility index (Phi) is 7.97. The van der Waals surface area contributed by atoms with Crippen LogP contribution in [0.1, 0.15) is 37.1 Å². The van der Waals surface area contributed by atoms with Crippen molar-refractivity contribution in [3.8, 4) is 34.4 Å². The molecule has 0 bridgehead atoms. The second kappa shape index (κ2) is 13.2. The Balaban J connectivity index is 0.00000177. The van der Waals surface area contributed by atoms with Gasteiger partial charge < -0.3 is 4.57 Å². The number of hydrogen-bond donors (Lipinski definition) is 0. The van der Waals surface area contributed by atoms with E-state index in [1.54, 1.807) is 0 Å². The van der Waals surface area contributed by atoms with Gasteiger partial charge in [-0.25, -0.2) is 4.98 Å². The Bertz CT molecular complexity index is 2680. The number of benzene rings is 5. The highest BCUT2D eigenvalue weighted by molar-refractivity contribution is 6.10. The number of nitrogens with zero attached hydrogens (tertiary/aromatic N) is 6. The van der Waals surface area contributed by atoms with Crippen LogP contribution >= 0.6 is 0 Å². The van der Waals surface area contributed by atoms with Crippen LogP contribution in [0.15, 0.2) is 152 Å². The first kappa shape index (κ1) is 31.3. The van der Waals surface area contributed by atoms with Crippen LogP contribution in [0.4, 0.5) is 0 Å². The molecule has 0 N–H and O–H groups in total. The largest absolute Gasteiger partial charge is 0.311 e. The lowest BCUT2D eigenvalue weighted by atomic mass is 9.91. The molecule has 6 heteroatoms.